The molecule has 2 fully saturated rings. The van der Waals surface area contributed by atoms with Crippen molar-refractivity contribution in [2.24, 2.45) is 5.92 Å². The molecule has 0 radical (unpaired) electrons. The predicted molar refractivity (Wildman–Crippen MR) is 69.8 cm³/mol. The summed E-state index contributed by atoms with van der Waals surface area (Å²) in [5.41, 5.74) is 0. The van der Waals surface area contributed by atoms with Gasteiger partial charge in [-0.15, -0.1) is 0 Å². The molecular formula is C14H26N2O. The summed E-state index contributed by atoms with van der Waals surface area (Å²) in [6.07, 6.45) is 6.76. The van der Waals surface area contributed by atoms with Gasteiger partial charge in [0, 0.05) is 18.5 Å². The maximum absolute atomic E-state index is 12.4. The lowest BCUT2D eigenvalue weighted by atomic mass is 9.91. The van der Waals surface area contributed by atoms with Crippen molar-refractivity contribution in [1.82, 2.24) is 10.2 Å². The first-order valence-corrected chi connectivity index (χ1v) is 7.20. The number of likely N-dealkylation sites (tertiary alicyclic amines) is 1. The topological polar surface area (TPSA) is 32.3 Å². The lowest BCUT2D eigenvalue weighted by Crippen LogP contribution is -2.48. The Labute approximate surface area is 105 Å². The smallest absolute Gasteiger partial charge is 0.223 e. The number of nitrogens with zero attached hydrogens (tertiary/aromatic N) is 1. The summed E-state index contributed by atoms with van der Waals surface area (Å²) in [6.45, 7) is 6.58. The highest BCUT2D eigenvalue weighted by molar-refractivity contribution is 5.77. The van der Waals surface area contributed by atoms with Gasteiger partial charge in [0.15, 0.2) is 0 Å². The van der Waals surface area contributed by atoms with E-state index in [1.807, 2.05) is 0 Å². The van der Waals surface area contributed by atoms with E-state index in [2.05, 4.69) is 24.1 Å². The highest BCUT2D eigenvalue weighted by Crippen LogP contribution is 2.25. The number of piperidine rings is 2. The van der Waals surface area contributed by atoms with E-state index >= 15 is 0 Å². The number of amides is 1. The van der Waals surface area contributed by atoms with Crippen molar-refractivity contribution in [1.29, 1.82) is 0 Å². The Morgan fingerprint density at radius 3 is 2.29 bits per heavy atom. The Morgan fingerprint density at radius 2 is 1.71 bits per heavy atom. The summed E-state index contributed by atoms with van der Waals surface area (Å²) in [4.78, 5) is 14.6. The van der Waals surface area contributed by atoms with Gasteiger partial charge in [-0.25, -0.2) is 0 Å². The third-order valence-corrected chi connectivity index (χ3v) is 4.40. The first-order valence-electron chi connectivity index (χ1n) is 7.20. The van der Waals surface area contributed by atoms with Crippen LogP contribution in [0.3, 0.4) is 0 Å². The van der Waals surface area contributed by atoms with Gasteiger partial charge in [-0.3, -0.25) is 4.79 Å². The van der Waals surface area contributed by atoms with Crippen LogP contribution in [-0.2, 0) is 4.79 Å². The zero-order valence-electron chi connectivity index (χ0n) is 11.2. The Balaban J connectivity index is 1.88. The molecule has 0 aromatic carbocycles. The quantitative estimate of drug-likeness (QED) is 0.799. The molecule has 2 rings (SSSR count). The van der Waals surface area contributed by atoms with E-state index in [0.717, 1.165) is 19.5 Å². The maximum atomic E-state index is 12.4. The van der Waals surface area contributed by atoms with Crippen molar-refractivity contribution in [3.8, 4) is 0 Å². The van der Waals surface area contributed by atoms with Crippen LogP contribution in [-0.4, -0.2) is 36.0 Å². The second-order valence-electron chi connectivity index (χ2n) is 5.83. The summed E-state index contributed by atoms with van der Waals surface area (Å²) in [6, 6.07) is 0.904. The molecule has 0 aliphatic carbocycles. The van der Waals surface area contributed by atoms with Gasteiger partial charge in [0.1, 0.15) is 0 Å². The van der Waals surface area contributed by atoms with Gasteiger partial charge in [-0.2, -0.15) is 0 Å². The average molecular weight is 238 g/mol. The minimum absolute atomic E-state index is 0.400. The van der Waals surface area contributed by atoms with Crippen molar-refractivity contribution in [3.63, 3.8) is 0 Å². The van der Waals surface area contributed by atoms with Gasteiger partial charge in [-0.05, 0) is 65.0 Å². The monoisotopic (exact) mass is 238 g/mol. The van der Waals surface area contributed by atoms with Crippen LogP contribution < -0.4 is 5.32 Å². The average Bonchev–Trinajstić information content (AvgIpc) is 2.30. The first kappa shape index (κ1) is 12.9. The Hall–Kier alpha value is -0.570. The molecular weight excluding hydrogens is 212 g/mol. The van der Waals surface area contributed by atoms with Crippen molar-refractivity contribution < 1.29 is 4.79 Å². The van der Waals surface area contributed by atoms with Crippen LogP contribution in [0.5, 0.6) is 0 Å². The third-order valence-electron chi connectivity index (χ3n) is 4.40. The number of carbonyl (C=O) groups is 1. The molecule has 0 aromatic heterocycles. The molecule has 1 N–H and O–H groups in total. The van der Waals surface area contributed by atoms with E-state index < -0.39 is 0 Å². The fourth-order valence-corrected chi connectivity index (χ4v) is 3.35. The molecule has 3 heteroatoms. The fourth-order valence-electron chi connectivity index (χ4n) is 3.35. The number of hydrogen-bond acceptors (Lipinski definition) is 2. The van der Waals surface area contributed by atoms with E-state index in [0.29, 0.717) is 23.9 Å². The van der Waals surface area contributed by atoms with Gasteiger partial charge in [-0.1, -0.05) is 0 Å². The normalized spacial score (nSPS) is 31.5. The van der Waals surface area contributed by atoms with Gasteiger partial charge < -0.3 is 10.2 Å². The highest BCUT2D eigenvalue weighted by Gasteiger charge is 2.30. The largest absolute Gasteiger partial charge is 0.337 e. The molecule has 0 bridgehead atoms. The van der Waals surface area contributed by atoms with E-state index in [-0.39, 0.29) is 0 Å². The van der Waals surface area contributed by atoms with Crippen LogP contribution >= 0.6 is 0 Å². The second kappa shape index (κ2) is 5.85. The van der Waals surface area contributed by atoms with E-state index in [1.54, 1.807) is 0 Å². The minimum Gasteiger partial charge on any atom is -0.337 e. The van der Waals surface area contributed by atoms with Gasteiger partial charge >= 0.3 is 0 Å². The predicted octanol–water partition coefficient (Wildman–Crippen LogP) is 2.17. The maximum Gasteiger partial charge on any atom is 0.223 e. The fraction of sp³-hybridized carbons (Fsp3) is 0.929. The standard InChI is InChI=1S/C14H26N2O/c1-11-4-3-5-12(2)16(11)14(17)10-13-6-8-15-9-7-13/h11-13,15H,3-10H2,1-2H3/t11-,12-/m0/s1. The highest BCUT2D eigenvalue weighted by atomic mass is 16.2. The summed E-state index contributed by atoms with van der Waals surface area (Å²) in [7, 11) is 0. The number of nitrogens with one attached hydrogen (secondary N) is 1. The second-order valence-corrected chi connectivity index (χ2v) is 5.83. The molecule has 2 heterocycles. The Morgan fingerprint density at radius 1 is 1.12 bits per heavy atom. The summed E-state index contributed by atoms with van der Waals surface area (Å²) < 4.78 is 0. The van der Waals surface area contributed by atoms with Crippen molar-refractivity contribution >= 4 is 5.91 Å². The molecule has 0 unspecified atom stereocenters. The van der Waals surface area contributed by atoms with E-state index in [4.69, 9.17) is 0 Å². The SMILES string of the molecule is C[C@H]1CCC[C@H](C)N1C(=O)CC1CCNCC1. The number of hydrogen-bond donors (Lipinski definition) is 1. The number of carbonyl (C=O) groups excluding carboxylic acids is 1. The van der Waals surface area contributed by atoms with Crippen molar-refractivity contribution in [2.75, 3.05) is 13.1 Å². The van der Waals surface area contributed by atoms with Gasteiger partial charge in [0.25, 0.3) is 0 Å². The van der Waals surface area contributed by atoms with Crippen LogP contribution in [0.15, 0.2) is 0 Å². The lowest BCUT2D eigenvalue weighted by molar-refractivity contribution is -0.138. The zero-order valence-corrected chi connectivity index (χ0v) is 11.2. The van der Waals surface area contributed by atoms with E-state index in [9.17, 15) is 4.79 Å². The third kappa shape index (κ3) is 3.21. The van der Waals surface area contributed by atoms with E-state index in [1.165, 1.54) is 32.1 Å². The molecule has 2 aliphatic heterocycles. The first-order chi connectivity index (χ1) is 8.18. The molecule has 1 amide bonds. The van der Waals surface area contributed by atoms with Crippen LogP contribution in [0, 0.1) is 5.92 Å². The molecule has 2 aliphatic rings. The Bertz CT molecular complexity index is 251. The Kier molecular flexibility index (Phi) is 4.43. The molecule has 0 spiro atoms. The van der Waals surface area contributed by atoms with Crippen molar-refractivity contribution in [2.45, 2.75) is 64.5 Å². The van der Waals surface area contributed by atoms with Crippen LogP contribution in [0.2, 0.25) is 0 Å². The molecule has 0 aromatic rings. The van der Waals surface area contributed by atoms with Crippen LogP contribution in [0.1, 0.15) is 52.4 Å². The van der Waals surface area contributed by atoms with Crippen molar-refractivity contribution in [3.05, 3.63) is 0 Å². The van der Waals surface area contributed by atoms with Gasteiger partial charge in [0.05, 0.1) is 0 Å². The molecule has 3 nitrogen and oxygen atoms in total. The summed E-state index contributed by atoms with van der Waals surface area (Å²) in [5, 5.41) is 3.36. The number of rotatable bonds is 2. The molecule has 0 saturated carbocycles. The molecule has 17 heavy (non-hydrogen) atoms. The van der Waals surface area contributed by atoms with Crippen LogP contribution in [0.4, 0.5) is 0 Å². The van der Waals surface area contributed by atoms with Crippen LogP contribution in [0.25, 0.3) is 0 Å². The molecule has 2 saturated heterocycles. The molecule has 2 atom stereocenters. The minimum atomic E-state index is 0.400. The zero-order chi connectivity index (χ0) is 12.3. The summed E-state index contributed by atoms with van der Waals surface area (Å²) in [5.74, 6) is 1.02. The lowest BCUT2D eigenvalue weighted by Gasteiger charge is -2.40. The molecule has 98 valence electrons. The summed E-state index contributed by atoms with van der Waals surface area (Å²) >= 11 is 0. The van der Waals surface area contributed by atoms with Gasteiger partial charge in [0.2, 0.25) is 5.91 Å².